The van der Waals surface area contributed by atoms with Crippen LogP contribution >= 0.6 is 11.5 Å². The summed E-state index contributed by atoms with van der Waals surface area (Å²) >= 11 is 0.813. The van der Waals surface area contributed by atoms with Crippen molar-refractivity contribution in [3.8, 4) is 5.88 Å². The first-order valence-corrected chi connectivity index (χ1v) is 10.9. The van der Waals surface area contributed by atoms with Crippen molar-refractivity contribution >= 4 is 29.6 Å². The van der Waals surface area contributed by atoms with Gasteiger partial charge in [0.2, 0.25) is 5.88 Å². The maximum atomic E-state index is 13.0. The molecule has 0 bridgehead atoms. The molecule has 0 spiro atoms. The van der Waals surface area contributed by atoms with Crippen molar-refractivity contribution in [1.29, 1.82) is 0 Å². The minimum absolute atomic E-state index is 0.0217. The Balaban J connectivity index is 2.41. The van der Waals surface area contributed by atoms with Crippen molar-refractivity contribution in [2.75, 3.05) is 13.2 Å². The van der Waals surface area contributed by atoms with Crippen molar-refractivity contribution in [3.63, 3.8) is 0 Å². The maximum Gasteiger partial charge on any atom is 0.409 e. The van der Waals surface area contributed by atoms with Crippen LogP contribution in [0.4, 0.5) is 4.79 Å². The summed E-state index contributed by atoms with van der Waals surface area (Å²) < 4.78 is 25.4. The second-order valence-electron chi connectivity index (χ2n) is 7.62. The molecule has 32 heavy (non-hydrogen) atoms. The predicted octanol–water partition coefficient (Wildman–Crippen LogP) is 3.57. The molecule has 1 aromatic heterocycles. The summed E-state index contributed by atoms with van der Waals surface area (Å²) in [6, 6.07) is 10.8. The van der Waals surface area contributed by atoms with Gasteiger partial charge in [0.05, 0.1) is 18.1 Å². The molecule has 2 aromatic rings. The van der Waals surface area contributed by atoms with Crippen molar-refractivity contribution in [2.45, 2.75) is 52.4 Å². The minimum Gasteiger partial charge on any atom is -0.472 e. The fourth-order valence-corrected chi connectivity index (χ4v) is 3.42. The number of rotatable bonds is 9. The van der Waals surface area contributed by atoms with E-state index in [4.69, 9.17) is 18.9 Å². The highest BCUT2D eigenvalue weighted by Crippen LogP contribution is 2.32. The maximum absolute atomic E-state index is 13.0. The summed E-state index contributed by atoms with van der Waals surface area (Å²) in [7, 11) is 0. The zero-order valence-corrected chi connectivity index (χ0v) is 19.6. The van der Waals surface area contributed by atoms with E-state index in [9.17, 15) is 14.4 Å². The Hall–Kier alpha value is -3.14. The number of esters is 2. The van der Waals surface area contributed by atoms with E-state index in [0.717, 1.165) is 17.1 Å². The molecule has 9 nitrogen and oxygen atoms in total. The van der Waals surface area contributed by atoms with Crippen LogP contribution in [0.1, 0.15) is 45.1 Å². The monoisotopic (exact) mass is 464 g/mol. The normalized spacial score (nSPS) is 11.4. The number of alkyl carbamates (subject to hydrolysis) is 1. The molecule has 0 radical (unpaired) electrons. The van der Waals surface area contributed by atoms with Crippen LogP contribution in [0.15, 0.2) is 36.4 Å². The van der Waals surface area contributed by atoms with Crippen molar-refractivity contribution in [2.24, 2.45) is 0 Å². The predicted molar refractivity (Wildman–Crippen MR) is 117 cm³/mol. The molecule has 0 fully saturated rings. The SMILES string of the molecule is CCOC(=O)C(NC(=O)OC(C)(C)C)(C(=O)OCC)c1cc(OCc2ccccc2)ns1. The second-order valence-corrected chi connectivity index (χ2v) is 8.43. The van der Waals surface area contributed by atoms with Crippen LogP contribution in [0.3, 0.4) is 0 Å². The lowest BCUT2D eigenvalue weighted by Crippen LogP contribution is -2.59. The third-order valence-corrected chi connectivity index (χ3v) is 4.83. The molecular formula is C22H28N2O7S. The highest BCUT2D eigenvalue weighted by atomic mass is 32.1. The standard InChI is InChI=1S/C22H28N2O7S/c1-6-28-18(25)22(19(26)29-7-2,23-20(27)31-21(3,4)5)16-13-17(24-32-16)30-14-15-11-9-8-10-12-15/h8-13H,6-7,14H2,1-5H3,(H,23,27). The quantitative estimate of drug-likeness (QED) is 0.340. The molecular weight excluding hydrogens is 436 g/mol. The largest absolute Gasteiger partial charge is 0.472 e. The van der Waals surface area contributed by atoms with Gasteiger partial charge in [-0.25, -0.2) is 14.4 Å². The molecule has 0 aliphatic carbocycles. The Bertz CT molecular complexity index is 904. The lowest BCUT2D eigenvalue weighted by Gasteiger charge is -2.30. The number of amides is 1. The van der Waals surface area contributed by atoms with Crippen molar-refractivity contribution in [3.05, 3.63) is 46.8 Å². The van der Waals surface area contributed by atoms with E-state index in [0.29, 0.717) is 0 Å². The lowest BCUT2D eigenvalue weighted by atomic mass is 9.97. The molecule has 1 aromatic carbocycles. The number of hydrogen-bond acceptors (Lipinski definition) is 9. The highest BCUT2D eigenvalue weighted by Gasteiger charge is 2.54. The van der Waals surface area contributed by atoms with Crippen LogP contribution in [0.25, 0.3) is 0 Å². The molecule has 2 rings (SSSR count). The molecule has 0 saturated heterocycles. The summed E-state index contributed by atoms with van der Waals surface area (Å²) in [6.45, 7) is 8.33. The van der Waals surface area contributed by atoms with Crippen molar-refractivity contribution < 1.29 is 33.3 Å². The summed E-state index contributed by atoms with van der Waals surface area (Å²) in [5.74, 6) is -1.84. The van der Waals surface area contributed by atoms with Gasteiger partial charge in [-0.1, -0.05) is 30.3 Å². The smallest absolute Gasteiger partial charge is 0.409 e. The summed E-state index contributed by atoms with van der Waals surface area (Å²) in [5.41, 5.74) is -2.24. The topological polar surface area (TPSA) is 113 Å². The van der Waals surface area contributed by atoms with Gasteiger partial charge in [0.1, 0.15) is 12.2 Å². The number of nitrogens with one attached hydrogen (secondary N) is 1. The van der Waals surface area contributed by atoms with Gasteiger partial charge in [0.25, 0.3) is 5.54 Å². The Labute approximate surface area is 191 Å². The average molecular weight is 465 g/mol. The van der Waals surface area contributed by atoms with E-state index in [1.807, 2.05) is 30.3 Å². The number of carbonyl (C=O) groups excluding carboxylic acids is 3. The van der Waals surface area contributed by atoms with Gasteiger partial charge >= 0.3 is 18.0 Å². The Kier molecular flexibility index (Phi) is 8.59. The molecule has 0 saturated carbocycles. The first kappa shape index (κ1) is 25.1. The first-order chi connectivity index (χ1) is 15.1. The number of aromatic nitrogens is 1. The number of carbonyl (C=O) groups is 3. The molecule has 1 heterocycles. The summed E-state index contributed by atoms with van der Waals surface area (Å²) in [6.07, 6.45) is -0.987. The van der Waals surface area contributed by atoms with Crippen LogP contribution in [-0.4, -0.2) is 41.2 Å². The summed E-state index contributed by atoms with van der Waals surface area (Å²) in [5, 5.41) is 2.36. The molecule has 0 atom stereocenters. The number of nitrogens with zero attached hydrogens (tertiary/aromatic N) is 1. The fourth-order valence-electron chi connectivity index (χ4n) is 2.62. The van der Waals surface area contributed by atoms with E-state index >= 15 is 0 Å². The molecule has 0 aliphatic heterocycles. The highest BCUT2D eigenvalue weighted by molar-refractivity contribution is 7.06. The van der Waals surface area contributed by atoms with Crippen LogP contribution in [0.2, 0.25) is 0 Å². The van der Waals surface area contributed by atoms with Gasteiger partial charge in [0, 0.05) is 6.07 Å². The van der Waals surface area contributed by atoms with Gasteiger partial charge in [0.15, 0.2) is 0 Å². The van der Waals surface area contributed by atoms with E-state index in [2.05, 4.69) is 9.69 Å². The van der Waals surface area contributed by atoms with Crippen LogP contribution in [0, 0.1) is 0 Å². The van der Waals surface area contributed by atoms with E-state index in [-0.39, 0.29) is 30.6 Å². The van der Waals surface area contributed by atoms with Crippen LogP contribution in [-0.2, 0) is 35.9 Å². The molecule has 174 valence electrons. The molecule has 0 unspecified atom stereocenters. The van der Waals surface area contributed by atoms with Crippen molar-refractivity contribution in [1.82, 2.24) is 9.69 Å². The zero-order valence-electron chi connectivity index (χ0n) is 18.8. The Morgan fingerprint density at radius 3 is 2.12 bits per heavy atom. The average Bonchev–Trinajstić information content (AvgIpc) is 3.19. The van der Waals surface area contributed by atoms with E-state index < -0.39 is 29.2 Å². The Morgan fingerprint density at radius 2 is 1.59 bits per heavy atom. The van der Waals surface area contributed by atoms with Crippen LogP contribution < -0.4 is 10.1 Å². The third kappa shape index (κ3) is 6.43. The minimum atomic E-state index is -2.29. The van der Waals surface area contributed by atoms with Gasteiger partial charge in [-0.3, -0.25) is 5.32 Å². The molecule has 0 aliphatic rings. The fraction of sp³-hybridized carbons (Fsp3) is 0.455. The van der Waals surface area contributed by atoms with Gasteiger partial charge in [-0.05, 0) is 51.7 Å². The Morgan fingerprint density at radius 1 is 1.00 bits per heavy atom. The molecule has 1 N–H and O–H groups in total. The number of benzene rings is 1. The van der Waals surface area contributed by atoms with E-state index in [1.165, 1.54) is 6.07 Å². The molecule has 1 amide bonds. The lowest BCUT2D eigenvalue weighted by molar-refractivity contribution is -0.166. The second kappa shape index (κ2) is 10.9. The summed E-state index contributed by atoms with van der Waals surface area (Å²) in [4.78, 5) is 38.7. The number of ether oxygens (including phenoxy) is 4. The van der Waals surface area contributed by atoms with Gasteiger partial charge < -0.3 is 18.9 Å². The first-order valence-electron chi connectivity index (χ1n) is 10.1. The zero-order chi connectivity index (χ0) is 23.8. The number of hydrogen-bond donors (Lipinski definition) is 1. The van der Waals surface area contributed by atoms with Gasteiger partial charge in [-0.15, -0.1) is 0 Å². The molecule has 10 heteroatoms. The van der Waals surface area contributed by atoms with Gasteiger partial charge in [-0.2, -0.15) is 4.37 Å². The van der Waals surface area contributed by atoms with E-state index in [1.54, 1.807) is 34.6 Å². The third-order valence-electron chi connectivity index (χ3n) is 3.94. The van der Waals surface area contributed by atoms with Crippen LogP contribution in [0.5, 0.6) is 5.88 Å².